The van der Waals surface area contributed by atoms with Crippen molar-refractivity contribution in [1.82, 2.24) is 15.1 Å². The number of urea groups is 1. The standard InChI is InChI=1S/C20H24N4O3/c1-13-8-14(2)11-23(10-13)17(25)12-24-18(26)20(3,22-19(24)27)16-6-4-15(9-21)5-7-16/h4-7,13-14H,8,10-12H2,1-3H3,(H,22,27). The van der Waals surface area contributed by atoms with E-state index in [1.54, 1.807) is 36.1 Å². The number of amides is 4. The van der Waals surface area contributed by atoms with Crippen molar-refractivity contribution in [2.24, 2.45) is 11.8 Å². The van der Waals surface area contributed by atoms with Crippen LogP contribution >= 0.6 is 0 Å². The van der Waals surface area contributed by atoms with Gasteiger partial charge in [0.25, 0.3) is 5.91 Å². The predicted molar refractivity (Wildman–Crippen MR) is 98.3 cm³/mol. The normalized spacial score (nSPS) is 28.1. The van der Waals surface area contributed by atoms with Crippen LogP contribution in [0.25, 0.3) is 0 Å². The first-order chi connectivity index (χ1) is 12.7. The van der Waals surface area contributed by atoms with E-state index in [0.29, 0.717) is 36.1 Å². The van der Waals surface area contributed by atoms with Crippen LogP contribution in [0.1, 0.15) is 38.3 Å². The van der Waals surface area contributed by atoms with Crippen LogP contribution in [0.2, 0.25) is 0 Å². The van der Waals surface area contributed by atoms with Crippen LogP contribution in [0.5, 0.6) is 0 Å². The fraction of sp³-hybridized carbons (Fsp3) is 0.500. The molecule has 7 heteroatoms. The fourth-order valence-corrected chi connectivity index (χ4v) is 4.02. The Morgan fingerprint density at radius 3 is 2.37 bits per heavy atom. The minimum absolute atomic E-state index is 0.207. The van der Waals surface area contributed by atoms with Crippen molar-refractivity contribution in [3.8, 4) is 6.07 Å². The Kier molecular flexibility index (Phi) is 4.92. The molecular formula is C20H24N4O3. The van der Waals surface area contributed by atoms with Crippen molar-refractivity contribution >= 4 is 17.8 Å². The number of benzene rings is 1. The molecule has 0 aliphatic carbocycles. The molecule has 0 radical (unpaired) electrons. The number of rotatable bonds is 3. The highest BCUT2D eigenvalue weighted by Gasteiger charge is 2.49. The summed E-state index contributed by atoms with van der Waals surface area (Å²) in [4.78, 5) is 40.8. The maximum absolute atomic E-state index is 12.9. The molecule has 0 bridgehead atoms. The molecule has 3 unspecified atom stereocenters. The number of likely N-dealkylation sites (tertiary alicyclic amines) is 1. The summed E-state index contributed by atoms with van der Waals surface area (Å²) in [6.07, 6.45) is 1.07. The Hall–Kier alpha value is -2.88. The van der Waals surface area contributed by atoms with Gasteiger partial charge in [0.2, 0.25) is 5.91 Å². The number of nitriles is 1. The van der Waals surface area contributed by atoms with E-state index in [1.165, 1.54) is 0 Å². The molecule has 142 valence electrons. The van der Waals surface area contributed by atoms with Crippen LogP contribution in [0, 0.1) is 23.2 Å². The van der Waals surface area contributed by atoms with E-state index in [4.69, 9.17) is 5.26 Å². The fourth-order valence-electron chi connectivity index (χ4n) is 4.02. The van der Waals surface area contributed by atoms with E-state index in [1.807, 2.05) is 6.07 Å². The van der Waals surface area contributed by atoms with Crippen molar-refractivity contribution in [3.05, 3.63) is 35.4 Å². The lowest BCUT2D eigenvalue weighted by Crippen LogP contribution is -2.48. The van der Waals surface area contributed by atoms with E-state index in [0.717, 1.165) is 11.3 Å². The first kappa shape index (κ1) is 18.9. The average Bonchev–Trinajstić information content (AvgIpc) is 2.85. The highest BCUT2D eigenvalue weighted by molar-refractivity contribution is 6.09. The van der Waals surface area contributed by atoms with Crippen molar-refractivity contribution in [2.75, 3.05) is 19.6 Å². The molecule has 0 aromatic heterocycles. The third kappa shape index (κ3) is 3.52. The Morgan fingerprint density at radius 1 is 1.22 bits per heavy atom. The summed E-state index contributed by atoms with van der Waals surface area (Å²) in [6, 6.07) is 7.95. The summed E-state index contributed by atoms with van der Waals surface area (Å²) >= 11 is 0. The number of piperidine rings is 1. The van der Waals surface area contributed by atoms with Gasteiger partial charge >= 0.3 is 6.03 Å². The van der Waals surface area contributed by atoms with Gasteiger partial charge in [-0.25, -0.2) is 4.79 Å². The Morgan fingerprint density at radius 2 is 1.81 bits per heavy atom. The van der Waals surface area contributed by atoms with Gasteiger partial charge in [-0.3, -0.25) is 14.5 Å². The number of carbonyl (C=O) groups is 3. The van der Waals surface area contributed by atoms with Gasteiger partial charge in [-0.2, -0.15) is 5.26 Å². The number of hydrogen-bond acceptors (Lipinski definition) is 4. The SMILES string of the molecule is CC1CC(C)CN(C(=O)CN2C(=O)NC(C)(c3ccc(C#N)cc3)C2=O)C1. The lowest BCUT2D eigenvalue weighted by molar-refractivity contribution is -0.140. The molecule has 2 heterocycles. The molecule has 0 spiro atoms. The first-order valence-electron chi connectivity index (χ1n) is 9.17. The predicted octanol–water partition coefficient (Wildman–Crippen LogP) is 1.83. The summed E-state index contributed by atoms with van der Waals surface area (Å²) in [5, 5.41) is 11.6. The Bertz CT molecular complexity index is 804. The van der Waals surface area contributed by atoms with Gasteiger partial charge in [0.15, 0.2) is 0 Å². The van der Waals surface area contributed by atoms with Crippen molar-refractivity contribution < 1.29 is 14.4 Å². The Labute approximate surface area is 158 Å². The molecule has 2 aliphatic rings. The van der Waals surface area contributed by atoms with Crippen molar-refractivity contribution in [3.63, 3.8) is 0 Å². The zero-order valence-corrected chi connectivity index (χ0v) is 15.9. The molecule has 27 heavy (non-hydrogen) atoms. The van der Waals surface area contributed by atoms with Crippen LogP contribution in [-0.2, 0) is 15.1 Å². The number of carbonyl (C=O) groups excluding carboxylic acids is 3. The van der Waals surface area contributed by atoms with Crippen LogP contribution in [0.3, 0.4) is 0 Å². The van der Waals surface area contributed by atoms with Crippen LogP contribution in [0.15, 0.2) is 24.3 Å². The molecular weight excluding hydrogens is 344 g/mol. The number of nitrogens with zero attached hydrogens (tertiary/aromatic N) is 3. The number of imide groups is 1. The van der Waals surface area contributed by atoms with Crippen molar-refractivity contribution in [1.29, 1.82) is 5.26 Å². The van der Waals surface area contributed by atoms with Crippen LogP contribution < -0.4 is 5.32 Å². The largest absolute Gasteiger partial charge is 0.341 e. The smallest absolute Gasteiger partial charge is 0.325 e. The van der Waals surface area contributed by atoms with E-state index >= 15 is 0 Å². The third-order valence-corrected chi connectivity index (χ3v) is 5.38. The van der Waals surface area contributed by atoms with Gasteiger partial charge in [-0.05, 0) is 42.9 Å². The summed E-state index contributed by atoms with van der Waals surface area (Å²) < 4.78 is 0. The second-order valence-corrected chi connectivity index (χ2v) is 7.88. The quantitative estimate of drug-likeness (QED) is 0.824. The maximum atomic E-state index is 12.9. The van der Waals surface area contributed by atoms with Crippen molar-refractivity contribution in [2.45, 2.75) is 32.7 Å². The second kappa shape index (κ2) is 7.03. The second-order valence-electron chi connectivity index (χ2n) is 7.88. The number of nitrogens with one attached hydrogen (secondary N) is 1. The number of hydrogen-bond donors (Lipinski definition) is 1. The molecule has 2 fully saturated rings. The molecule has 0 saturated carbocycles. The van der Waals surface area contributed by atoms with E-state index in [-0.39, 0.29) is 12.5 Å². The zero-order valence-electron chi connectivity index (χ0n) is 15.9. The van der Waals surface area contributed by atoms with Gasteiger partial charge in [-0.15, -0.1) is 0 Å². The van der Waals surface area contributed by atoms with Gasteiger partial charge in [0.1, 0.15) is 12.1 Å². The molecule has 4 amide bonds. The van der Waals surface area contributed by atoms with Gasteiger partial charge in [-0.1, -0.05) is 26.0 Å². The van der Waals surface area contributed by atoms with Gasteiger partial charge in [0, 0.05) is 13.1 Å². The summed E-state index contributed by atoms with van der Waals surface area (Å²) in [6.45, 7) is 6.87. The lowest BCUT2D eigenvalue weighted by atomic mass is 9.91. The molecule has 3 rings (SSSR count). The molecule has 7 nitrogen and oxygen atoms in total. The highest BCUT2D eigenvalue weighted by atomic mass is 16.2. The average molecular weight is 368 g/mol. The summed E-state index contributed by atoms with van der Waals surface area (Å²) in [7, 11) is 0. The summed E-state index contributed by atoms with van der Waals surface area (Å²) in [5.74, 6) is 0.152. The minimum atomic E-state index is -1.24. The van der Waals surface area contributed by atoms with Crippen LogP contribution in [0.4, 0.5) is 4.79 Å². The van der Waals surface area contributed by atoms with Gasteiger partial charge < -0.3 is 10.2 Å². The highest BCUT2D eigenvalue weighted by Crippen LogP contribution is 2.29. The lowest BCUT2D eigenvalue weighted by Gasteiger charge is -2.35. The topological polar surface area (TPSA) is 93.5 Å². The van der Waals surface area contributed by atoms with Crippen LogP contribution in [-0.4, -0.2) is 47.3 Å². The molecule has 2 saturated heterocycles. The van der Waals surface area contributed by atoms with Gasteiger partial charge in [0.05, 0.1) is 11.6 Å². The Balaban J connectivity index is 1.75. The molecule has 3 atom stereocenters. The first-order valence-corrected chi connectivity index (χ1v) is 9.17. The molecule has 2 aliphatic heterocycles. The van der Waals surface area contributed by atoms with E-state index in [9.17, 15) is 14.4 Å². The van der Waals surface area contributed by atoms with E-state index < -0.39 is 17.5 Å². The van der Waals surface area contributed by atoms with E-state index in [2.05, 4.69) is 19.2 Å². The minimum Gasteiger partial charge on any atom is -0.341 e. The maximum Gasteiger partial charge on any atom is 0.325 e. The zero-order chi connectivity index (χ0) is 19.8. The molecule has 1 aromatic carbocycles. The molecule has 1 N–H and O–H groups in total. The third-order valence-electron chi connectivity index (χ3n) is 5.38. The molecule has 1 aromatic rings. The monoisotopic (exact) mass is 368 g/mol. The summed E-state index contributed by atoms with van der Waals surface area (Å²) in [5.41, 5.74) is -0.192.